The molecular formula is C20H22FNO4S. The molecule has 5 nitrogen and oxygen atoms in total. The summed E-state index contributed by atoms with van der Waals surface area (Å²) >= 11 is 1.67. The number of ether oxygens (including phenoxy) is 3. The Balaban J connectivity index is 1.77. The van der Waals surface area contributed by atoms with Crippen molar-refractivity contribution in [3.05, 3.63) is 53.8 Å². The number of carbonyl (C=O) groups excluding carboxylic acids is 1. The minimum atomic E-state index is -0.789. The number of carbonyl (C=O) groups is 1. The predicted octanol–water partition coefficient (Wildman–Crippen LogP) is 3.88. The van der Waals surface area contributed by atoms with E-state index >= 15 is 0 Å². The van der Waals surface area contributed by atoms with Crippen molar-refractivity contribution in [2.45, 2.75) is 18.4 Å². The summed E-state index contributed by atoms with van der Waals surface area (Å²) in [5.41, 5.74) is 0.946. The molecule has 0 aromatic heterocycles. The zero-order valence-corrected chi connectivity index (χ0v) is 16.3. The van der Waals surface area contributed by atoms with Gasteiger partial charge in [0.1, 0.15) is 5.37 Å². The first-order valence-electron chi connectivity index (χ1n) is 8.60. The van der Waals surface area contributed by atoms with Gasteiger partial charge in [-0.3, -0.25) is 4.79 Å². The average Bonchev–Trinajstić information content (AvgIpc) is 3.18. The van der Waals surface area contributed by atoms with E-state index in [2.05, 4.69) is 0 Å². The molecular weight excluding hydrogens is 369 g/mol. The summed E-state index contributed by atoms with van der Waals surface area (Å²) in [5.74, 6) is 1.49. The minimum Gasteiger partial charge on any atom is -0.493 e. The number of methoxy groups -OCH3 is 2. The monoisotopic (exact) mass is 391 g/mol. The lowest BCUT2D eigenvalue weighted by Crippen LogP contribution is -2.40. The Labute approximate surface area is 162 Å². The van der Waals surface area contributed by atoms with Gasteiger partial charge in [0.05, 0.1) is 14.2 Å². The SMILES string of the molecule is COc1ccc(C2SCCN2C(=O)C(C)Oc2ccccc2F)cc1OC. The van der Waals surface area contributed by atoms with Crippen LogP contribution in [0.2, 0.25) is 0 Å². The summed E-state index contributed by atoms with van der Waals surface area (Å²) in [6.45, 7) is 2.25. The van der Waals surface area contributed by atoms with E-state index < -0.39 is 11.9 Å². The first-order valence-corrected chi connectivity index (χ1v) is 9.65. The van der Waals surface area contributed by atoms with Gasteiger partial charge in [-0.05, 0) is 36.8 Å². The van der Waals surface area contributed by atoms with Gasteiger partial charge < -0.3 is 19.1 Å². The van der Waals surface area contributed by atoms with Crippen molar-refractivity contribution < 1.29 is 23.4 Å². The van der Waals surface area contributed by atoms with E-state index in [0.717, 1.165) is 11.3 Å². The van der Waals surface area contributed by atoms with Crippen LogP contribution in [0.15, 0.2) is 42.5 Å². The van der Waals surface area contributed by atoms with Crippen LogP contribution in [0.1, 0.15) is 17.9 Å². The fraction of sp³-hybridized carbons (Fsp3) is 0.350. The second kappa shape index (κ2) is 8.52. The van der Waals surface area contributed by atoms with Gasteiger partial charge >= 0.3 is 0 Å². The summed E-state index contributed by atoms with van der Waals surface area (Å²) in [5, 5.41) is -0.149. The third-order valence-corrected chi connectivity index (χ3v) is 5.62. The highest BCUT2D eigenvalue weighted by molar-refractivity contribution is 7.99. The maximum absolute atomic E-state index is 13.8. The summed E-state index contributed by atoms with van der Waals surface area (Å²) in [6, 6.07) is 11.7. The van der Waals surface area contributed by atoms with Crippen molar-refractivity contribution in [2.75, 3.05) is 26.5 Å². The van der Waals surface area contributed by atoms with Gasteiger partial charge in [-0.2, -0.15) is 0 Å². The summed E-state index contributed by atoms with van der Waals surface area (Å²) in [6.07, 6.45) is -0.789. The first kappa shape index (κ1) is 19.4. The number of nitrogens with zero attached hydrogens (tertiary/aromatic N) is 1. The van der Waals surface area contributed by atoms with Gasteiger partial charge in [-0.1, -0.05) is 18.2 Å². The molecule has 0 N–H and O–H groups in total. The molecule has 1 fully saturated rings. The van der Waals surface area contributed by atoms with Crippen LogP contribution >= 0.6 is 11.8 Å². The number of para-hydroxylation sites is 1. The Hall–Kier alpha value is -2.41. The molecule has 0 spiro atoms. The number of hydrogen-bond donors (Lipinski definition) is 0. The largest absolute Gasteiger partial charge is 0.493 e. The zero-order chi connectivity index (χ0) is 19.4. The molecule has 0 saturated carbocycles. The van der Waals surface area contributed by atoms with E-state index in [1.807, 2.05) is 18.2 Å². The Morgan fingerprint density at radius 2 is 1.89 bits per heavy atom. The van der Waals surface area contributed by atoms with E-state index in [1.165, 1.54) is 12.1 Å². The third kappa shape index (κ3) is 4.13. The molecule has 2 aromatic carbocycles. The quantitative estimate of drug-likeness (QED) is 0.748. The summed E-state index contributed by atoms with van der Waals surface area (Å²) in [7, 11) is 3.16. The molecule has 1 aliphatic heterocycles. The zero-order valence-electron chi connectivity index (χ0n) is 15.5. The van der Waals surface area contributed by atoms with Crippen LogP contribution in [0.5, 0.6) is 17.2 Å². The molecule has 1 amide bonds. The van der Waals surface area contributed by atoms with Crippen LogP contribution in [0, 0.1) is 5.82 Å². The van der Waals surface area contributed by atoms with Gasteiger partial charge in [0.2, 0.25) is 0 Å². The highest BCUT2D eigenvalue weighted by atomic mass is 32.2. The molecule has 0 aliphatic carbocycles. The maximum atomic E-state index is 13.8. The molecule has 0 radical (unpaired) electrons. The lowest BCUT2D eigenvalue weighted by Gasteiger charge is -2.27. The van der Waals surface area contributed by atoms with Crippen molar-refractivity contribution in [1.82, 2.24) is 4.90 Å². The van der Waals surface area contributed by atoms with Gasteiger partial charge in [-0.15, -0.1) is 11.8 Å². The molecule has 1 aliphatic rings. The Bertz CT molecular complexity index is 816. The number of benzene rings is 2. The number of halogens is 1. The Morgan fingerprint density at radius 3 is 2.59 bits per heavy atom. The number of hydrogen-bond acceptors (Lipinski definition) is 5. The average molecular weight is 391 g/mol. The summed E-state index contributed by atoms with van der Waals surface area (Å²) < 4.78 is 30.0. The van der Waals surface area contributed by atoms with Gasteiger partial charge in [0.15, 0.2) is 29.2 Å². The molecule has 2 aromatic rings. The second-order valence-corrected chi connectivity index (χ2v) is 7.25. The van der Waals surface area contributed by atoms with Crippen molar-refractivity contribution in [1.29, 1.82) is 0 Å². The molecule has 0 bridgehead atoms. The molecule has 2 atom stereocenters. The van der Waals surface area contributed by atoms with E-state index in [1.54, 1.807) is 49.9 Å². The van der Waals surface area contributed by atoms with Gasteiger partial charge in [0, 0.05) is 12.3 Å². The molecule has 1 heterocycles. The van der Waals surface area contributed by atoms with E-state index in [9.17, 15) is 9.18 Å². The molecule has 144 valence electrons. The fourth-order valence-corrected chi connectivity index (χ4v) is 4.25. The van der Waals surface area contributed by atoms with E-state index in [-0.39, 0.29) is 17.0 Å². The smallest absolute Gasteiger partial charge is 0.264 e. The van der Waals surface area contributed by atoms with Crippen LogP contribution in [-0.4, -0.2) is 43.4 Å². The first-order chi connectivity index (χ1) is 13.0. The molecule has 3 rings (SSSR count). The lowest BCUT2D eigenvalue weighted by atomic mass is 10.1. The Morgan fingerprint density at radius 1 is 1.15 bits per heavy atom. The normalized spacial score (nSPS) is 17.5. The summed E-state index contributed by atoms with van der Waals surface area (Å²) in [4.78, 5) is 14.7. The minimum absolute atomic E-state index is 0.0767. The topological polar surface area (TPSA) is 48.0 Å². The molecule has 1 saturated heterocycles. The van der Waals surface area contributed by atoms with E-state index in [0.29, 0.717) is 18.0 Å². The van der Waals surface area contributed by atoms with Crippen LogP contribution in [0.3, 0.4) is 0 Å². The highest BCUT2D eigenvalue weighted by Crippen LogP contribution is 2.41. The standard InChI is InChI=1S/C20H22FNO4S/c1-13(26-16-7-5-4-6-15(16)21)19(23)22-10-11-27-20(22)14-8-9-17(24-2)18(12-14)25-3/h4-9,12-13,20H,10-11H2,1-3H3. The number of amides is 1. The number of thioether (sulfide) groups is 1. The van der Waals surface area contributed by atoms with Crippen LogP contribution in [0.4, 0.5) is 4.39 Å². The van der Waals surface area contributed by atoms with Crippen molar-refractivity contribution in [3.63, 3.8) is 0 Å². The van der Waals surface area contributed by atoms with Crippen molar-refractivity contribution >= 4 is 17.7 Å². The maximum Gasteiger partial charge on any atom is 0.264 e. The Kier molecular flexibility index (Phi) is 6.11. The molecule has 2 unspecified atom stereocenters. The van der Waals surface area contributed by atoms with Gasteiger partial charge in [0.25, 0.3) is 5.91 Å². The van der Waals surface area contributed by atoms with Crippen LogP contribution in [-0.2, 0) is 4.79 Å². The van der Waals surface area contributed by atoms with Crippen molar-refractivity contribution in [3.8, 4) is 17.2 Å². The molecule has 7 heteroatoms. The number of rotatable bonds is 6. The lowest BCUT2D eigenvalue weighted by molar-refractivity contribution is -0.138. The fourth-order valence-electron chi connectivity index (χ4n) is 2.99. The van der Waals surface area contributed by atoms with Gasteiger partial charge in [-0.25, -0.2) is 4.39 Å². The highest BCUT2D eigenvalue weighted by Gasteiger charge is 2.34. The second-order valence-electron chi connectivity index (χ2n) is 6.06. The van der Waals surface area contributed by atoms with Crippen LogP contribution < -0.4 is 14.2 Å². The van der Waals surface area contributed by atoms with Crippen molar-refractivity contribution in [2.24, 2.45) is 0 Å². The molecule has 27 heavy (non-hydrogen) atoms. The third-order valence-electron chi connectivity index (χ3n) is 4.35. The van der Waals surface area contributed by atoms with Crippen LogP contribution in [0.25, 0.3) is 0 Å². The van der Waals surface area contributed by atoms with E-state index in [4.69, 9.17) is 14.2 Å². The predicted molar refractivity (Wildman–Crippen MR) is 103 cm³/mol.